The number of aromatic nitrogens is 4. The highest BCUT2D eigenvalue weighted by atomic mass is 19.1. The number of aryl methyl sites for hydroxylation is 2. The van der Waals surface area contributed by atoms with Crippen LogP contribution in [-0.2, 0) is 12.8 Å². The fraction of sp³-hybridized carbons (Fsp3) is 0.333. The zero-order chi connectivity index (χ0) is 25.5. The smallest absolute Gasteiger partial charge is 0.287 e. The first-order valence-electron chi connectivity index (χ1n) is 12.5. The Morgan fingerprint density at radius 3 is 2.73 bits per heavy atom. The van der Waals surface area contributed by atoms with Crippen molar-refractivity contribution in [2.24, 2.45) is 0 Å². The lowest BCUT2D eigenvalue weighted by Gasteiger charge is -2.39. The molecular weight excluding hydrogens is 478 g/mol. The number of rotatable bonds is 4. The number of imidazole rings is 2. The van der Waals surface area contributed by atoms with E-state index in [2.05, 4.69) is 20.3 Å². The lowest BCUT2D eigenvalue weighted by atomic mass is 9.84. The van der Waals surface area contributed by atoms with Crippen molar-refractivity contribution in [3.63, 3.8) is 0 Å². The Labute approximate surface area is 211 Å². The number of hydrogen-bond acceptors (Lipinski definition) is 4. The van der Waals surface area contributed by atoms with E-state index in [0.717, 1.165) is 43.1 Å². The maximum Gasteiger partial charge on any atom is 0.287 e. The molecule has 3 aromatic heterocycles. The van der Waals surface area contributed by atoms with Gasteiger partial charge in [0.05, 0.1) is 35.3 Å². The summed E-state index contributed by atoms with van der Waals surface area (Å²) >= 11 is 0. The molecule has 10 heteroatoms. The standard InChI is InChI=1S/C27H26F2N6O2/c28-17-10-16(11-18(29)12-17)19-7-9-34(27(37)20-4-3-8-35-15-30-13-24(20)35)14-23(19)33-26(36)25-31-21-5-1-2-6-22(21)32-25/h3-4,8,10-13,15,19,23H,1-2,5-7,9,14H2,(H,31,32)(H,33,36)/t19-,23+/m0/s1. The summed E-state index contributed by atoms with van der Waals surface area (Å²) in [5.74, 6) is -2.09. The zero-order valence-corrected chi connectivity index (χ0v) is 20.1. The third kappa shape index (κ3) is 4.47. The SMILES string of the molecule is O=C(N[C@@H]1CN(C(=O)c2cccn3cncc23)CC[C@H]1c1cc(F)cc(F)c1)c1nc2c([nH]1)CCCC2. The summed E-state index contributed by atoms with van der Waals surface area (Å²) in [4.78, 5) is 40.2. The second-order valence-corrected chi connectivity index (χ2v) is 9.75. The summed E-state index contributed by atoms with van der Waals surface area (Å²) in [6.45, 7) is 0.557. The molecule has 0 unspecified atom stereocenters. The molecule has 1 aromatic carbocycles. The summed E-state index contributed by atoms with van der Waals surface area (Å²) in [6, 6.07) is 6.37. The Balaban J connectivity index is 1.29. The van der Waals surface area contributed by atoms with Crippen molar-refractivity contribution < 1.29 is 18.4 Å². The minimum absolute atomic E-state index is 0.184. The zero-order valence-electron chi connectivity index (χ0n) is 20.1. The number of benzene rings is 1. The Morgan fingerprint density at radius 1 is 1.11 bits per heavy atom. The van der Waals surface area contributed by atoms with Crippen molar-refractivity contribution in [2.45, 2.75) is 44.1 Å². The van der Waals surface area contributed by atoms with Gasteiger partial charge in [-0.1, -0.05) is 0 Å². The number of halogens is 2. The van der Waals surface area contributed by atoms with Crippen LogP contribution in [0.5, 0.6) is 0 Å². The third-order valence-electron chi connectivity index (χ3n) is 7.38. The average Bonchev–Trinajstić information content (AvgIpc) is 3.55. The predicted molar refractivity (Wildman–Crippen MR) is 131 cm³/mol. The van der Waals surface area contributed by atoms with Crippen LogP contribution >= 0.6 is 0 Å². The van der Waals surface area contributed by atoms with Gasteiger partial charge in [0.1, 0.15) is 11.6 Å². The Hall–Kier alpha value is -4.08. The van der Waals surface area contributed by atoms with Crippen molar-refractivity contribution in [1.82, 2.24) is 29.6 Å². The Kier molecular flexibility index (Phi) is 5.94. The molecule has 2 amide bonds. The lowest BCUT2D eigenvalue weighted by molar-refractivity contribution is 0.0655. The molecule has 2 N–H and O–H groups in total. The molecule has 0 saturated carbocycles. The minimum atomic E-state index is -0.676. The van der Waals surface area contributed by atoms with Crippen molar-refractivity contribution in [1.29, 1.82) is 0 Å². The van der Waals surface area contributed by atoms with Gasteiger partial charge >= 0.3 is 0 Å². The van der Waals surface area contributed by atoms with Gasteiger partial charge in [-0.3, -0.25) is 9.59 Å². The van der Waals surface area contributed by atoms with Crippen LogP contribution in [0.2, 0.25) is 0 Å². The molecule has 4 heterocycles. The second-order valence-electron chi connectivity index (χ2n) is 9.75. The highest BCUT2D eigenvalue weighted by Gasteiger charge is 2.35. The van der Waals surface area contributed by atoms with Gasteiger partial charge in [-0.15, -0.1) is 0 Å². The van der Waals surface area contributed by atoms with Crippen molar-refractivity contribution >= 4 is 17.3 Å². The van der Waals surface area contributed by atoms with Gasteiger partial charge in [-0.25, -0.2) is 18.7 Å². The van der Waals surface area contributed by atoms with Crippen molar-refractivity contribution in [2.75, 3.05) is 13.1 Å². The second kappa shape index (κ2) is 9.42. The molecule has 0 bridgehead atoms. The van der Waals surface area contributed by atoms with Gasteiger partial charge in [-0.05, 0) is 61.9 Å². The van der Waals surface area contributed by atoms with E-state index in [4.69, 9.17) is 0 Å². The number of amides is 2. The number of piperidine rings is 1. The Bertz CT molecular complexity index is 1450. The molecular formula is C27H26F2N6O2. The van der Waals surface area contributed by atoms with Gasteiger partial charge in [0.25, 0.3) is 11.8 Å². The highest BCUT2D eigenvalue weighted by molar-refractivity contribution is 6.00. The van der Waals surface area contributed by atoms with Crippen LogP contribution in [0.3, 0.4) is 0 Å². The molecule has 1 fully saturated rings. The van der Waals surface area contributed by atoms with Gasteiger partial charge in [0.2, 0.25) is 0 Å². The normalized spacial score (nSPS) is 19.6. The van der Waals surface area contributed by atoms with E-state index in [0.29, 0.717) is 29.6 Å². The van der Waals surface area contributed by atoms with Gasteiger partial charge in [-0.2, -0.15) is 0 Å². The molecule has 8 nitrogen and oxygen atoms in total. The molecule has 1 saturated heterocycles. The predicted octanol–water partition coefficient (Wildman–Crippen LogP) is 3.64. The third-order valence-corrected chi connectivity index (χ3v) is 7.38. The number of pyridine rings is 1. The molecule has 2 atom stereocenters. The Morgan fingerprint density at radius 2 is 1.92 bits per heavy atom. The number of likely N-dealkylation sites (tertiary alicyclic amines) is 1. The summed E-state index contributed by atoms with van der Waals surface area (Å²) in [6.07, 6.45) is 9.27. The van der Waals surface area contributed by atoms with Crippen LogP contribution in [0.4, 0.5) is 8.78 Å². The number of nitrogens with zero attached hydrogens (tertiary/aromatic N) is 4. The van der Waals surface area contributed by atoms with Crippen LogP contribution in [0, 0.1) is 11.6 Å². The maximum absolute atomic E-state index is 14.1. The van der Waals surface area contributed by atoms with Crippen molar-refractivity contribution in [3.8, 4) is 0 Å². The molecule has 0 spiro atoms. The van der Waals surface area contributed by atoms with Gasteiger partial charge < -0.3 is 19.6 Å². The van der Waals surface area contributed by atoms with Crippen molar-refractivity contribution in [3.05, 3.63) is 89.0 Å². The lowest BCUT2D eigenvalue weighted by Crippen LogP contribution is -2.53. The fourth-order valence-electron chi connectivity index (χ4n) is 5.57. The van der Waals surface area contributed by atoms with E-state index < -0.39 is 23.6 Å². The quantitative estimate of drug-likeness (QED) is 0.444. The van der Waals surface area contributed by atoms with E-state index in [1.165, 1.54) is 12.1 Å². The van der Waals surface area contributed by atoms with Crippen LogP contribution in [0.25, 0.3) is 5.52 Å². The van der Waals surface area contributed by atoms with E-state index >= 15 is 0 Å². The largest absolute Gasteiger partial charge is 0.344 e. The summed E-state index contributed by atoms with van der Waals surface area (Å²) in [7, 11) is 0. The fourth-order valence-corrected chi connectivity index (χ4v) is 5.57. The number of nitrogens with one attached hydrogen (secondary N) is 2. The number of carbonyl (C=O) groups excluding carboxylic acids is 2. The van der Waals surface area contributed by atoms with Crippen LogP contribution in [0.1, 0.15) is 63.1 Å². The van der Waals surface area contributed by atoms with E-state index in [9.17, 15) is 18.4 Å². The molecule has 0 radical (unpaired) electrons. The number of aromatic amines is 1. The number of carbonyl (C=O) groups is 2. The number of fused-ring (bicyclic) bond motifs is 2. The number of H-pyrrole nitrogens is 1. The first-order chi connectivity index (χ1) is 18.0. The summed E-state index contributed by atoms with van der Waals surface area (Å²) in [5, 5.41) is 3.01. The summed E-state index contributed by atoms with van der Waals surface area (Å²) < 4.78 is 30.0. The molecule has 1 aliphatic carbocycles. The molecule has 6 rings (SSSR count). The average molecular weight is 505 g/mol. The molecule has 2 aliphatic rings. The maximum atomic E-state index is 14.1. The molecule has 37 heavy (non-hydrogen) atoms. The van der Waals surface area contributed by atoms with Crippen LogP contribution in [-0.4, -0.2) is 55.2 Å². The molecule has 4 aromatic rings. The topological polar surface area (TPSA) is 95.4 Å². The van der Waals surface area contributed by atoms with Gasteiger partial charge in [0, 0.05) is 37.0 Å². The monoisotopic (exact) mass is 504 g/mol. The first kappa shape index (κ1) is 23.3. The summed E-state index contributed by atoms with van der Waals surface area (Å²) in [5.41, 5.74) is 3.53. The highest BCUT2D eigenvalue weighted by Crippen LogP contribution is 2.31. The number of hydrogen-bond donors (Lipinski definition) is 2. The van der Waals surface area contributed by atoms with E-state index in [-0.39, 0.29) is 24.2 Å². The first-order valence-corrected chi connectivity index (χ1v) is 12.5. The van der Waals surface area contributed by atoms with Crippen LogP contribution < -0.4 is 5.32 Å². The molecule has 190 valence electrons. The minimum Gasteiger partial charge on any atom is -0.344 e. The molecule has 1 aliphatic heterocycles. The van der Waals surface area contributed by atoms with Crippen LogP contribution in [0.15, 0.2) is 49.1 Å². The van der Waals surface area contributed by atoms with E-state index in [1.807, 2.05) is 6.20 Å². The van der Waals surface area contributed by atoms with E-state index in [1.54, 1.807) is 34.0 Å². The van der Waals surface area contributed by atoms with Gasteiger partial charge in [0.15, 0.2) is 5.82 Å².